The molecule has 0 spiro atoms. The van der Waals surface area contributed by atoms with Crippen LogP contribution in [0.15, 0.2) is 18.2 Å². The molecule has 3 nitrogen and oxygen atoms in total. The molecule has 0 saturated carbocycles. The molecule has 0 radical (unpaired) electrons. The molecule has 0 aliphatic heterocycles. The van der Waals surface area contributed by atoms with E-state index in [9.17, 15) is 4.79 Å². The van der Waals surface area contributed by atoms with Crippen molar-refractivity contribution in [1.82, 2.24) is 4.90 Å². The van der Waals surface area contributed by atoms with Gasteiger partial charge in [-0.1, -0.05) is 11.6 Å². The number of amides is 1. The Hall–Kier alpha value is -1.22. The van der Waals surface area contributed by atoms with Gasteiger partial charge < -0.3 is 9.64 Å². The molecule has 4 heteroatoms. The number of hydrogen-bond acceptors (Lipinski definition) is 2. The maximum atomic E-state index is 11.3. The Morgan fingerprint density at radius 1 is 1.44 bits per heavy atom. The summed E-state index contributed by atoms with van der Waals surface area (Å²) in [5, 5.41) is 0.689. The van der Waals surface area contributed by atoms with Crippen LogP contribution in [0.5, 0.6) is 5.75 Å². The van der Waals surface area contributed by atoms with Gasteiger partial charge in [0.25, 0.3) is 0 Å². The fourth-order valence-electron chi connectivity index (χ4n) is 1.25. The van der Waals surface area contributed by atoms with Crippen molar-refractivity contribution in [3.8, 4) is 5.75 Å². The predicted molar refractivity (Wildman–Crippen MR) is 65.0 cm³/mol. The molecule has 0 N–H and O–H groups in total. The van der Waals surface area contributed by atoms with Gasteiger partial charge in [-0.3, -0.25) is 4.79 Å². The summed E-state index contributed by atoms with van der Waals surface area (Å²) in [6.45, 7) is 2.31. The number of carbonyl (C=O) groups excluding carboxylic acids is 1. The quantitative estimate of drug-likeness (QED) is 0.811. The molecule has 0 aliphatic carbocycles. The second kappa shape index (κ2) is 5.75. The van der Waals surface area contributed by atoms with Crippen LogP contribution in [-0.2, 0) is 4.79 Å². The Morgan fingerprint density at radius 2 is 2.12 bits per heavy atom. The summed E-state index contributed by atoms with van der Waals surface area (Å²) < 4.78 is 5.51. The lowest BCUT2D eigenvalue weighted by atomic mass is 10.2. The fourth-order valence-corrected chi connectivity index (χ4v) is 1.47. The highest BCUT2D eigenvalue weighted by Crippen LogP contribution is 2.21. The van der Waals surface area contributed by atoms with Crippen LogP contribution in [0.3, 0.4) is 0 Å². The van der Waals surface area contributed by atoms with E-state index in [1.807, 2.05) is 19.1 Å². The number of benzene rings is 1. The van der Waals surface area contributed by atoms with E-state index in [1.165, 1.54) is 0 Å². The van der Waals surface area contributed by atoms with Crippen LogP contribution in [0.4, 0.5) is 0 Å². The largest absolute Gasteiger partial charge is 0.493 e. The van der Waals surface area contributed by atoms with Crippen molar-refractivity contribution >= 4 is 17.5 Å². The second-order valence-electron chi connectivity index (χ2n) is 3.80. The maximum absolute atomic E-state index is 11.3. The van der Waals surface area contributed by atoms with Gasteiger partial charge in [-0.15, -0.1) is 0 Å². The Kier molecular flexibility index (Phi) is 4.62. The molecular weight excluding hydrogens is 226 g/mol. The van der Waals surface area contributed by atoms with Crippen molar-refractivity contribution < 1.29 is 9.53 Å². The minimum atomic E-state index is 0.0617. The Balaban J connectivity index is 2.46. The van der Waals surface area contributed by atoms with Crippen LogP contribution in [0.25, 0.3) is 0 Å². The molecule has 0 aliphatic rings. The first-order valence-electron chi connectivity index (χ1n) is 5.10. The summed E-state index contributed by atoms with van der Waals surface area (Å²) in [5.74, 6) is 0.836. The van der Waals surface area contributed by atoms with Gasteiger partial charge >= 0.3 is 0 Å². The molecule has 16 heavy (non-hydrogen) atoms. The fraction of sp³-hybridized carbons (Fsp3) is 0.417. The van der Waals surface area contributed by atoms with Gasteiger partial charge in [0, 0.05) is 19.1 Å². The van der Waals surface area contributed by atoms with Gasteiger partial charge in [0.1, 0.15) is 5.75 Å². The molecule has 1 aromatic carbocycles. The van der Waals surface area contributed by atoms with Crippen molar-refractivity contribution in [2.75, 3.05) is 20.7 Å². The van der Waals surface area contributed by atoms with Crippen LogP contribution >= 0.6 is 11.6 Å². The minimum Gasteiger partial charge on any atom is -0.493 e. The normalized spacial score (nSPS) is 10.0. The van der Waals surface area contributed by atoms with Gasteiger partial charge in [0.05, 0.1) is 13.0 Å². The van der Waals surface area contributed by atoms with E-state index in [2.05, 4.69) is 0 Å². The van der Waals surface area contributed by atoms with Gasteiger partial charge in [0.15, 0.2) is 0 Å². The summed E-state index contributed by atoms with van der Waals surface area (Å²) in [4.78, 5) is 12.9. The lowest BCUT2D eigenvalue weighted by molar-refractivity contribution is -0.129. The molecule has 0 heterocycles. The number of nitrogens with zero attached hydrogens (tertiary/aromatic N) is 1. The average Bonchev–Trinajstić information content (AvgIpc) is 2.20. The van der Waals surface area contributed by atoms with Crippen LogP contribution in [0, 0.1) is 6.92 Å². The van der Waals surface area contributed by atoms with Gasteiger partial charge in [-0.05, 0) is 30.7 Å². The molecule has 0 atom stereocenters. The van der Waals surface area contributed by atoms with E-state index in [1.54, 1.807) is 25.1 Å². The smallest absolute Gasteiger partial charge is 0.225 e. The SMILES string of the molecule is Cc1cc(Cl)ccc1OCCC(=O)N(C)C. The number of rotatable bonds is 4. The second-order valence-corrected chi connectivity index (χ2v) is 4.23. The zero-order chi connectivity index (χ0) is 12.1. The first-order valence-corrected chi connectivity index (χ1v) is 5.47. The van der Waals surface area contributed by atoms with Crippen LogP contribution in [0.2, 0.25) is 5.02 Å². The first-order chi connectivity index (χ1) is 7.50. The highest BCUT2D eigenvalue weighted by molar-refractivity contribution is 6.30. The third-order valence-corrected chi connectivity index (χ3v) is 2.44. The molecule has 0 fully saturated rings. The van der Waals surface area contributed by atoms with Gasteiger partial charge in [-0.2, -0.15) is 0 Å². The van der Waals surface area contributed by atoms with Gasteiger partial charge in [0.2, 0.25) is 5.91 Å². The third-order valence-electron chi connectivity index (χ3n) is 2.21. The predicted octanol–water partition coefficient (Wildman–Crippen LogP) is 2.51. The van der Waals surface area contributed by atoms with E-state index >= 15 is 0 Å². The lowest BCUT2D eigenvalue weighted by Gasteiger charge is -2.12. The van der Waals surface area contributed by atoms with E-state index in [0.29, 0.717) is 18.1 Å². The van der Waals surface area contributed by atoms with Gasteiger partial charge in [-0.25, -0.2) is 0 Å². The van der Waals surface area contributed by atoms with E-state index in [-0.39, 0.29) is 5.91 Å². The number of ether oxygens (including phenoxy) is 1. The number of carbonyl (C=O) groups is 1. The van der Waals surface area contributed by atoms with Crippen LogP contribution < -0.4 is 4.74 Å². The minimum absolute atomic E-state index is 0.0617. The van der Waals surface area contributed by atoms with Crippen molar-refractivity contribution in [3.05, 3.63) is 28.8 Å². The number of aryl methyl sites for hydroxylation is 1. The third kappa shape index (κ3) is 3.74. The first kappa shape index (κ1) is 12.8. The van der Waals surface area contributed by atoms with Crippen molar-refractivity contribution in [1.29, 1.82) is 0 Å². The zero-order valence-corrected chi connectivity index (χ0v) is 10.5. The Morgan fingerprint density at radius 3 is 2.69 bits per heavy atom. The molecular formula is C12H16ClNO2. The van der Waals surface area contributed by atoms with Crippen LogP contribution in [0.1, 0.15) is 12.0 Å². The van der Waals surface area contributed by atoms with E-state index in [0.717, 1.165) is 11.3 Å². The molecule has 1 amide bonds. The molecule has 0 saturated heterocycles. The summed E-state index contributed by atoms with van der Waals surface area (Å²) in [6.07, 6.45) is 0.384. The molecule has 0 bridgehead atoms. The monoisotopic (exact) mass is 241 g/mol. The van der Waals surface area contributed by atoms with Crippen molar-refractivity contribution in [2.45, 2.75) is 13.3 Å². The topological polar surface area (TPSA) is 29.5 Å². The maximum Gasteiger partial charge on any atom is 0.225 e. The molecule has 1 rings (SSSR count). The molecule has 1 aromatic rings. The summed E-state index contributed by atoms with van der Waals surface area (Å²) >= 11 is 5.83. The Bertz CT molecular complexity index is 377. The molecule has 0 aromatic heterocycles. The average molecular weight is 242 g/mol. The summed E-state index contributed by atoms with van der Waals surface area (Å²) in [5.41, 5.74) is 0.977. The highest BCUT2D eigenvalue weighted by atomic mass is 35.5. The van der Waals surface area contributed by atoms with E-state index < -0.39 is 0 Å². The Labute approximate surface area is 101 Å². The highest BCUT2D eigenvalue weighted by Gasteiger charge is 2.05. The molecule has 88 valence electrons. The van der Waals surface area contributed by atoms with Crippen molar-refractivity contribution in [3.63, 3.8) is 0 Å². The van der Waals surface area contributed by atoms with Crippen molar-refractivity contribution in [2.24, 2.45) is 0 Å². The molecule has 0 unspecified atom stereocenters. The summed E-state index contributed by atoms with van der Waals surface area (Å²) in [6, 6.07) is 5.43. The number of halogens is 1. The standard InChI is InChI=1S/C12H16ClNO2/c1-9-8-10(13)4-5-11(9)16-7-6-12(15)14(2)3/h4-5,8H,6-7H2,1-3H3. The zero-order valence-electron chi connectivity index (χ0n) is 9.79. The summed E-state index contributed by atoms with van der Waals surface area (Å²) in [7, 11) is 3.46. The number of hydrogen-bond donors (Lipinski definition) is 0. The lowest BCUT2D eigenvalue weighted by Crippen LogP contribution is -2.23. The van der Waals surface area contributed by atoms with E-state index in [4.69, 9.17) is 16.3 Å². The van der Waals surface area contributed by atoms with Crippen LogP contribution in [-0.4, -0.2) is 31.5 Å².